The average Bonchev–Trinajstić information content (AvgIpc) is 2.62. The molecule has 2 N–H and O–H groups in total. The lowest BCUT2D eigenvalue weighted by Gasteiger charge is -2.22. The van der Waals surface area contributed by atoms with Gasteiger partial charge in [0.1, 0.15) is 0 Å². The van der Waals surface area contributed by atoms with E-state index in [9.17, 15) is 8.42 Å². The molecule has 1 heterocycles. The lowest BCUT2D eigenvalue weighted by atomic mass is 10.0. The Labute approximate surface area is 150 Å². The predicted molar refractivity (Wildman–Crippen MR) is 99.9 cm³/mol. The van der Waals surface area contributed by atoms with E-state index in [1.807, 2.05) is 36.4 Å². The van der Waals surface area contributed by atoms with Gasteiger partial charge in [-0.2, -0.15) is 0 Å². The van der Waals surface area contributed by atoms with E-state index in [2.05, 4.69) is 10.0 Å². The molecule has 4 nitrogen and oxygen atoms in total. The van der Waals surface area contributed by atoms with Crippen LogP contribution in [-0.4, -0.2) is 28.1 Å². The largest absolute Gasteiger partial charge is 0.316 e. The van der Waals surface area contributed by atoms with Crippen molar-refractivity contribution in [1.82, 2.24) is 10.0 Å². The molecule has 1 saturated heterocycles. The normalized spacial score (nSPS) is 17.9. The standard InChI is InChI=1S/C18H22N2O2S.ClH/c21-23(22,20-14-15-6-5-11-19-13-15)18-10-4-9-17(12-18)16-7-2-1-3-8-16;/h1-4,7-10,12,15,19-20H,5-6,11,13-14H2;1H. The summed E-state index contributed by atoms with van der Waals surface area (Å²) in [5.74, 6) is 0.371. The maximum Gasteiger partial charge on any atom is 0.240 e. The number of piperidine rings is 1. The van der Waals surface area contributed by atoms with E-state index in [4.69, 9.17) is 0 Å². The van der Waals surface area contributed by atoms with E-state index in [1.165, 1.54) is 0 Å². The zero-order valence-electron chi connectivity index (χ0n) is 13.4. The van der Waals surface area contributed by atoms with Gasteiger partial charge in [-0.15, -0.1) is 12.4 Å². The summed E-state index contributed by atoms with van der Waals surface area (Å²) in [6.07, 6.45) is 2.18. The van der Waals surface area contributed by atoms with E-state index in [1.54, 1.807) is 18.2 Å². The molecule has 2 aromatic carbocycles. The molecule has 0 aromatic heterocycles. The maximum atomic E-state index is 12.5. The molecule has 0 saturated carbocycles. The first-order chi connectivity index (χ1) is 11.1. The number of hydrogen-bond acceptors (Lipinski definition) is 3. The molecular weight excluding hydrogens is 344 g/mol. The minimum absolute atomic E-state index is 0. The Bertz CT molecular complexity index is 745. The first kappa shape index (κ1) is 18.9. The fourth-order valence-corrected chi connectivity index (χ4v) is 4.04. The minimum Gasteiger partial charge on any atom is -0.316 e. The van der Waals surface area contributed by atoms with Crippen LogP contribution in [-0.2, 0) is 10.0 Å². The second kappa shape index (κ2) is 8.62. The highest BCUT2D eigenvalue weighted by Gasteiger charge is 2.19. The van der Waals surface area contributed by atoms with Crippen molar-refractivity contribution in [3.8, 4) is 11.1 Å². The van der Waals surface area contributed by atoms with Crippen molar-refractivity contribution >= 4 is 22.4 Å². The van der Waals surface area contributed by atoms with Gasteiger partial charge in [-0.3, -0.25) is 0 Å². The fourth-order valence-electron chi connectivity index (χ4n) is 2.88. The summed E-state index contributed by atoms with van der Waals surface area (Å²) in [5, 5.41) is 3.31. The van der Waals surface area contributed by atoms with Gasteiger partial charge >= 0.3 is 0 Å². The molecule has 0 aliphatic carbocycles. The molecule has 0 spiro atoms. The predicted octanol–water partition coefficient (Wildman–Crippen LogP) is 3.05. The van der Waals surface area contributed by atoms with Crippen molar-refractivity contribution in [2.24, 2.45) is 5.92 Å². The van der Waals surface area contributed by atoms with Crippen molar-refractivity contribution < 1.29 is 8.42 Å². The van der Waals surface area contributed by atoms with Crippen LogP contribution < -0.4 is 10.0 Å². The lowest BCUT2D eigenvalue weighted by Crippen LogP contribution is -2.38. The third kappa shape index (κ3) is 4.80. The Morgan fingerprint density at radius 1 is 1.04 bits per heavy atom. The summed E-state index contributed by atoms with van der Waals surface area (Å²) >= 11 is 0. The molecule has 3 rings (SSSR count). The monoisotopic (exact) mass is 366 g/mol. The Morgan fingerprint density at radius 3 is 2.50 bits per heavy atom. The smallest absolute Gasteiger partial charge is 0.240 e. The third-order valence-electron chi connectivity index (χ3n) is 4.21. The molecule has 130 valence electrons. The van der Waals surface area contributed by atoms with E-state index in [-0.39, 0.29) is 12.4 Å². The Balaban J connectivity index is 0.00000208. The summed E-state index contributed by atoms with van der Waals surface area (Å²) < 4.78 is 27.8. The van der Waals surface area contributed by atoms with Crippen LogP contribution in [0, 0.1) is 5.92 Å². The van der Waals surface area contributed by atoms with Crippen LogP contribution in [0.1, 0.15) is 12.8 Å². The number of nitrogens with one attached hydrogen (secondary N) is 2. The molecule has 1 unspecified atom stereocenters. The summed E-state index contributed by atoms with van der Waals surface area (Å²) in [6, 6.07) is 16.9. The van der Waals surface area contributed by atoms with Crippen LogP contribution in [0.3, 0.4) is 0 Å². The summed E-state index contributed by atoms with van der Waals surface area (Å²) in [4.78, 5) is 0.322. The van der Waals surface area contributed by atoms with E-state index in [0.717, 1.165) is 37.1 Å². The first-order valence-electron chi connectivity index (χ1n) is 8.01. The van der Waals surface area contributed by atoms with Gasteiger partial charge < -0.3 is 5.32 Å². The van der Waals surface area contributed by atoms with Crippen LogP contribution in [0.25, 0.3) is 11.1 Å². The van der Waals surface area contributed by atoms with Crippen molar-refractivity contribution in [2.45, 2.75) is 17.7 Å². The topological polar surface area (TPSA) is 58.2 Å². The molecule has 1 atom stereocenters. The third-order valence-corrected chi connectivity index (χ3v) is 5.63. The second-order valence-electron chi connectivity index (χ2n) is 5.96. The summed E-state index contributed by atoms with van der Waals surface area (Å²) in [7, 11) is -3.47. The van der Waals surface area contributed by atoms with E-state index >= 15 is 0 Å². The van der Waals surface area contributed by atoms with Crippen molar-refractivity contribution in [3.63, 3.8) is 0 Å². The number of rotatable bonds is 5. The minimum atomic E-state index is -3.47. The van der Waals surface area contributed by atoms with Gasteiger partial charge in [0.25, 0.3) is 0 Å². The summed E-state index contributed by atoms with van der Waals surface area (Å²) in [6.45, 7) is 2.40. The van der Waals surface area contributed by atoms with Crippen LogP contribution in [0.5, 0.6) is 0 Å². The number of sulfonamides is 1. The average molecular weight is 367 g/mol. The highest BCUT2D eigenvalue weighted by atomic mass is 35.5. The highest BCUT2D eigenvalue weighted by molar-refractivity contribution is 7.89. The molecule has 0 amide bonds. The molecule has 0 radical (unpaired) electrons. The number of hydrogen-bond donors (Lipinski definition) is 2. The Morgan fingerprint density at radius 2 is 1.79 bits per heavy atom. The first-order valence-corrected chi connectivity index (χ1v) is 9.49. The molecule has 0 bridgehead atoms. The van der Waals surface area contributed by atoms with Gasteiger partial charge in [0.05, 0.1) is 4.90 Å². The van der Waals surface area contributed by atoms with Gasteiger partial charge in [-0.05, 0) is 55.1 Å². The Kier molecular flexibility index (Phi) is 6.80. The van der Waals surface area contributed by atoms with Gasteiger partial charge in [-0.25, -0.2) is 13.1 Å². The quantitative estimate of drug-likeness (QED) is 0.855. The van der Waals surface area contributed by atoms with Crippen LogP contribution in [0.2, 0.25) is 0 Å². The van der Waals surface area contributed by atoms with Crippen molar-refractivity contribution in [2.75, 3.05) is 19.6 Å². The second-order valence-corrected chi connectivity index (χ2v) is 7.73. The zero-order valence-corrected chi connectivity index (χ0v) is 15.1. The molecule has 6 heteroatoms. The van der Waals surface area contributed by atoms with Crippen molar-refractivity contribution in [1.29, 1.82) is 0 Å². The number of halogens is 1. The highest BCUT2D eigenvalue weighted by Crippen LogP contribution is 2.22. The van der Waals surface area contributed by atoms with Gasteiger partial charge in [0.15, 0.2) is 0 Å². The van der Waals surface area contributed by atoms with E-state index < -0.39 is 10.0 Å². The Hall–Kier alpha value is -1.40. The molecular formula is C18H23ClN2O2S. The van der Waals surface area contributed by atoms with E-state index in [0.29, 0.717) is 17.4 Å². The molecule has 2 aromatic rings. The molecule has 24 heavy (non-hydrogen) atoms. The number of benzene rings is 2. The van der Waals surface area contributed by atoms with Gasteiger partial charge in [0, 0.05) is 6.54 Å². The van der Waals surface area contributed by atoms with Crippen LogP contribution >= 0.6 is 12.4 Å². The van der Waals surface area contributed by atoms with Crippen LogP contribution in [0.15, 0.2) is 59.5 Å². The molecule has 1 aliphatic rings. The lowest BCUT2D eigenvalue weighted by molar-refractivity contribution is 0.376. The SMILES string of the molecule is Cl.O=S(=O)(NCC1CCCNC1)c1cccc(-c2ccccc2)c1. The van der Waals surface area contributed by atoms with Crippen molar-refractivity contribution in [3.05, 3.63) is 54.6 Å². The maximum absolute atomic E-state index is 12.5. The molecule has 1 fully saturated rings. The molecule has 1 aliphatic heterocycles. The fraction of sp³-hybridized carbons (Fsp3) is 0.333. The van der Waals surface area contributed by atoms with Crippen LogP contribution in [0.4, 0.5) is 0 Å². The summed E-state index contributed by atoms with van der Waals surface area (Å²) in [5.41, 5.74) is 1.92. The van der Waals surface area contributed by atoms with Gasteiger partial charge in [0.2, 0.25) is 10.0 Å². The van der Waals surface area contributed by atoms with Gasteiger partial charge in [-0.1, -0.05) is 42.5 Å². The zero-order chi connectivity index (χ0) is 16.1.